The summed E-state index contributed by atoms with van der Waals surface area (Å²) in [5.74, 6) is -0.199. The van der Waals surface area contributed by atoms with E-state index in [0.29, 0.717) is 0 Å². The monoisotopic (exact) mass is 217 g/mol. The van der Waals surface area contributed by atoms with Crippen LogP contribution in [0.4, 0.5) is 4.39 Å². The van der Waals surface area contributed by atoms with Gasteiger partial charge in [0.25, 0.3) is 0 Å². The quantitative estimate of drug-likeness (QED) is 0.756. The molecule has 0 amide bonds. The number of hydrogen-bond acceptors (Lipinski definition) is 1. The number of nitrogens with zero attached hydrogens (tertiary/aromatic N) is 1. The zero-order chi connectivity index (χ0) is 11.5. The Morgan fingerprint density at radius 3 is 2.81 bits per heavy atom. The van der Waals surface area contributed by atoms with Gasteiger partial charge >= 0.3 is 0 Å². The van der Waals surface area contributed by atoms with Crippen LogP contribution in [0.2, 0.25) is 0 Å². The van der Waals surface area contributed by atoms with Gasteiger partial charge in [-0.05, 0) is 49.6 Å². The predicted octanol–water partition coefficient (Wildman–Crippen LogP) is 4.02. The van der Waals surface area contributed by atoms with Crippen molar-refractivity contribution in [3.05, 3.63) is 41.3 Å². The smallest absolute Gasteiger partial charge is 0.123 e. The molecule has 2 aromatic rings. The summed E-state index contributed by atoms with van der Waals surface area (Å²) in [5, 5.41) is 0.887. The summed E-state index contributed by atoms with van der Waals surface area (Å²) in [6.07, 6.45) is 3.33. The van der Waals surface area contributed by atoms with Crippen molar-refractivity contribution >= 4 is 10.9 Å². The lowest BCUT2D eigenvalue weighted by molar-refractivity contribution is 0.629. The Balaban J connectivity index is 2.45. The van der Waals surface area contributed by atoms with Crippen molar-refractivity contribution in [1.29, 1.82) is 0 Å². The molecule has 1 heterocycles. The maximum absolute atomic E-state index is 13.0. The van der Waals surface area contributed by atoms with Crippen molar-refractivity contribution < 1.29 is 4.39 Å². The third-order valence-electron chi connectivity index (χ3n) is 2.84. The maximum Gasteiger partial charge on any atom is 0.123 e. The van der Waals surface area contributed by atoms with E-state index in [-0.39, 0.29) is 5.82 Å². The third-order valence-corrected chi connectivity index (χ3v) is 2.84. The van der Waals surface area contributed by atoms with Crippen LogP contribution >= 0.6 is 0 Å². The van der Waals surface area contributed by atoms with E-state index < -0.39 is 0 Å². The summed E-state index contributed by atoms with van der Waals surface area (Å²) >= 11 is 0. The number of fused-ring (bicyclic) bond motifs is 1. The van der Waals surface area contributed by atoms with E-state index >= 15 is 0 Å². The van der Waals surface area contributed by atoms with Gasteiger partial charge in [0, 0.05) is 11.1 Å². The summed E-state index contributed by atoms with van der Waals surface area (Å²) in [5.41, 5.74) is 3.19. The first-order chi connectivity index (χ1) is 7.70. The highest BCUT2D eigenvalue weighted by Gasteiger charge is 2.03. The first-order valence-electron chi connectivity index (χ1n) is 5.76. The molecule has 0 N–H and O–H groups in total. The van der Waals surface area contributed by atoms with Crippen LogP contribution in [-0.4, -0.2) is 4.98 Å². The number of aromatic nitrogens is 1. The molecule has 0 saturated carbocycles. The van der Waals surface area contributed by atoms with Crippen LogP contribution in [0.1, 0.15) is 31.0 Å². The number of unbranched alkanes of at least 4 members (excludes halogenated alkanes) is 1. The molecule has 2 rings (SSSR count). The van der Waals surface area contributed by atoms with E-state index in [2.05, 4.69) is 11.9 Å². The SMILES string of the molecule is CCCCc1nc2ccc(F)cc2cc1C. The first kappa shape index (κ1) is 11.1. The minimum Gasteiger partial charge on any atom is -0.253 e. The second-order valence-electron chi connectivity index (χ2n) is 4.19. The van der Waals surface area contributed by atoms with Crippen LogP contribution in [0.5, 0.6) is 0 Å². The number of pyridine rings is 1. The van der Waals surface area contributed by atoms with Gasteiger partial charge in [0.05, 0.1) is 5.52 Å². The Hall–Kier alpha value is -1.44. The molecule has 16 heavy (non-hydrogen) atoms. The highest BCUT2D eigenvalue weighted by atomic mass is 19.1. The van der Waals surface area contributed by atoms with Crippen molar-refractivity contribution in [2.75, 3.05) is 0 Å². The topological polar surface area (TPSA) is 12.9 Å². The lowest BCUT2D eigenvalue weighted by Gasteiger charge is -2.06. The molecular weight excluding hydrogens is 201 g/mol. The van der Waals surface area contributed by atoms with Gasteiger partial charge in [-0.3, -0.25) is 4.98 Å². The summed E-state index contributed by atoms with van der Waals surface area (Å²) in [6, 6.07) is 6.78. The second-order valence-corrected chi connectivity index (χ2v) is 4.19. The summed E-state index contributed by atoms with van der Waals surface area (Å²) in [6.45, 7) is 4.22. The van der Waals surface area contributed by atoms with Crippen LogP contribution in [0.3, 0.4) is 0 Å². The highest BCUT2D eigenvalue weighted by molar-refractivity contribution is 5.79. The number of rotatable bonds is 3. The molecule has 0 aliphatic rings. The van der Waals surface area contributed by atoms with Crippen molar-refractivity contribution in [2.24, 2.45) is 0 Å². The van der Waals surface area contributed by atoms with E-state index in [0.717, 1.165) is 35.0 Å². The van der Waals surface area contributed by atoms with E-state index in [9.17, 15) is 4.39 Å². The normalized spacial score (nSPS) is 10.9. The molecule has 0 unspecified atom stereocenters. The van der Waals surface area contributed by atoms with Crippen LogP contribution in [-0.2, 0) is 6.42 Å². The Kier molecular flexibility index (Phi) is 3.18. The molecule has 0 bridgehead atoms. The molecular formula is C14H16FN. The van der Waals surface area contributed by atoms with Crippen LogP contribution in [0, 0.1) is 12.7 Å². The van der Waals surface area contributed by atoms with Gasteiger partial charge in [0.15, 0.2) is 0 Å². The Labute approximate surface area is 95.3 Å². The van der Waals surface area contributed by atoms with Gasteiger partial charge in [-0.15, -0.1) is 0 Å². The minimum atomic E-state index is -0.199. The molecule has 0 aliphatic heterocycles. The van der Waals surface area contributed by atoms with Gasteiger partial charge < -0.3 is 0 Å². The molecule has 1 nitrogen and oxygen atoms in total. The lowest BCUT2D eigenvalue weighted by atomic mass is 10.1. The molecule has 2 heteroatoms. The van der Waals surface area contributed by atoms with Gasteiger partial charge in [0.2, 0.25) is 0 Å². The predicted molar refractivity (Wildman–Crippen MR) is 65.1 cm³/mol. The Bertz CT molecular complexity index is 505. The molecule has 0 fully saturated rings. The number of benzene rings is 1. The molecule has 0 saturated heterocycles. The van der Waals surface area contributed by atoms with Crippen molar-refractivity contribution in [1.82, 2.24) is 4.98 Å². The van der Waals surface area contributed by atoms with Gasteiger partial charge in [-0.1, -0.05) is 13.3 Å². The summed E-state index contributed by atoms with van der Waals surface area (Å²) < 4.78 is 13.0. The van der Waals surface area contributed by atoms with Gasteiger partial charge in [-0.25, -0.2) is 4.39 Å². The van der Waals surface area contributed by atoms with E-state index in [1.807, 2.05) is 13.0 Å². The number of hydrogen-bond donors (Lipinski definition) is 0. The zero-order valence-corrected chi connectivity index (χ0v) is 9.76. The zero-order valence-electron chi connectivity index (χ0n) is 9.76. The Morgan fingerprint density at radius 2 is 2.06 bits per heavy atom. The van der Waals surface area contributed by atoms with Gasteiger partial charge in [0.1, 0.15) is 5.82 Å². The average Bonchev–Trinajstić information content (AvgIpc) is 2.26. The maximum atomic E-state index is 13.0. The highest BCUT2D eigenvalue weighted by Crippen LogP contribution is 2.18. The molecule has 0 aliphatic carbocycles. The summed E-state index contributed by atoms with van der Waals surface area (Å²) in [7, 11) is 0. The first-order valence-corrected chi connectivity index (χ1v) is 5.76. The molecule has 1 aromatic heterocycles. The fourth-order valence-corrected chi connectivity index (χ4v) is 1.89. The van der Waals surface area contributed by atoms with Gasteiger partial charge in [-0.2, -0.15) is 0 Å². The fourth-order valence-electron chi connectivity index (χ4n) is 1.89. The summed E-state index contributed by atoms with van der Waals surface area (Å²) in [4.78, 5) is 4.59. The molecule has 1 aromatic carbocycles. The second kappa shape index (κ2) is 4.60. The average molecular weight is 217 g/mol. The van der Waals surface area contributed by atoms with E-state index in [4.69, 9.17) is 0 Å². The number of aryl methyl sites for hydroxylation is 2. The molecule has 0 spiro atoms. The number of halogens is 1. The third kappa shape index (κ3) is 2.21. The van der Waals surface area contributed by atoms with Crippen molar-refractivity contribution in [2.45, 2.75) is 33.1 Å². The van der Waals surface area contributed by atoms with Crippen molar-refractivity contribution in [3.63, 3.8) is 0 Å². The fraction of sp³-hybridized carbons (Fsp3) is 0.357. The van der Waals surface area contributed by atoms with E-state index in [1.165, 1.54) is 12.5 Å². The minimum absolute atomic E-state index is 0.199. The molecule has 0 atom stereocenters. The van der Waals surface area contributed by atoms with E-state index in [1.54, 1.807) is 12.1 Å². The molecule has 84 valence electrons. The van der Waals surface area contributed by atoms with Crippen LogP contribution in [0.25, 0.3) is 10.9 Å². The standard InChI is InChI=1S/C14H16FN/c1-3-4-5-13-10(2)8-11-9-12(15)6-7-14(11)16-13/h6-9H,3-5H2,1-2H3. The largest absolute Gasteiger partial charge is 0.253 e. The molecule has 0 radical (unpaired) electrons. The lowest BCUT2D eigenvalue weighted by Crippen LogP contribution is -1.95. The van der Waals surface area contributed by atoms with Crippen LogP contribution in [0.15, 0.2) is 24.3 Å². The van der Waals surface area contributed by atoms with Crippen molar-refractivity contribution in [3.8, 4) is 0 Å². The Morgan fingerprint density at radius 1 is 1.25 bits per heavy atom. The van der Waals surface area contributed by atoms with Crippen LogP contribution < -0.4 is 0 Å².